The monoisotopic (exact) mass is 316 g/mol. The fourth-order valence-corrected chi connectivity index (χ4v) is 2.22. The van der Waals surface area contributed by atoms with E-state index in [-0.39, 0.29) is 0 Å². The lowest BCUT2D eigenvalue weighted by Crippen LogP contribution is -2.54. The van der Waals surface area contributed by atoms with E-state index in [0.717, 1.165) is 11.1 Å². The highest BCUT2D eigenvalue weighted by atomic mass is 16.5. The molecule has 1 unspecified atom stereocenters. The van der Waals surface area contributed by atoms with Crippen LogP contribution >= 0.6 is 0 Å². The van der Waals surface area contributed by atoms with Crippen LogP contribution in [0.4, 0.5) is 0 Å². The minimum absolute atomic E-state index is 0.389. The lowest BCUT2D eigenvalue weighted by atomic mass is 10.0. The number of rotatable bonds is 6. The SMILES string of the molecule is C[C@H](O)[C@@H](NC(=O)c1ccc(-c2ccccc2)cc1)C(O)NO. The number of nitrogens with one attached hydrogen (secondary N) is 2. The second-order valence-electron chi connectivity index (χ2n) is 5.26. The van der Waals surface area contributed by atoms with Crippen LogP contribution in [0, 0.1) is 0 Å². The Morgan fingerprint density at radius 2 is 1.52 bits per heavy atom. The van der Waals surface area contributed by atoms with Crippen molar-refractivity contribution >= 4 is 5.91 Å². The van der Waals surface area contributed by atoms with Crippen LogP contribution in [0.25, 0.3) is 11.1 Å². The number of hydroxylamine groups is 1. The Morgan fingerprint density at radius 3 is 2.04 bits per heavy atom. The number of aliphatic hydroxyl groups is 2. The summed E-state index contributed by atoms with van der Waals surface area (Å²) in [7, 11) is 0. The summed E-state index contributed by atoms with van der Waals surface area (Å²) in [6.45, 7) is 1.41. The van der Waals surface area contributed by atoms with Crippen LogP contribution in [0.5, 0.6) is 0 Å². The Kier molecular flexibility index (Phi) is 5.84. The molecule has 0 bridgehead atoms. The third kappa shape index (κ3) is 4.37. The molecule has 0 aromatic heterocycles. The van der Waals surface area contributed by atoms with Gasteiger partial charge in [0.25, 0.3) is 5.91 Å². The van der Waals surface area contributed by atoms with Crippen LogP contribution in [0.1, 0.15) is 17.3 Å². The average molecular weight is 316 g/mol. The van der Waals surface area contributed by atoms with Crippen LogP contribution in [0.2, 0.25) is 0 Å². The van der Waals surface area contributed by atoms with Gasteiger partial charge in [-0.05, 0) is 30.2 Å². The molecule has 5 N–H and O–H groups in total. The molecule has 3 atom stereocenters. The van der Waals surface area contributed by atoms with Gasteiger partial charge in [0.15, 0.2) is 0 Å². The smallest absolute Gasteiger partial charge is 0.251 e. The molecule has 0 aliphatic carbocycles. The lowest BCUT2D eigenvalue weighted by molar-refractivity contribution is -0.0463. The van der Waals surface area contributed by atoms with E-state index in [1.165, 1.54) is 6.92 Å². The van der Waals surface area contributed by atoms with E-state index in [2.05, 4.69) is 5.32 Å². The largest absolute Gasteiger partial charge is 0.391 e. The number of aliphatic hydroxyl groups excluding tert-OH is 2. The van der Waals surface area contributed by atoms with E-state index in [0.29, 0.717) is 5.56 Å². The Morgan fingerprint density at radius 1 is 0.957 bits per heavy atom. The number of carbonyl (C=O) groups excluding carboxylic acids is 1. The van der Waals surface area contributed by atoms with Gasteiger partial charge in [-0.1, -0.05) is 42.5 Å². The van der Waals surface area contributed by atoms with Crippen molar-refractivity contribution in [3.63, 3.8) is 0 Å². The zero-order valence-corrected chi connectivity index (χ0v) is 12.7. The van der Waals surface area contributed by atoms with Crippen LogP contribution in [0.15, 0.2) is 54.6 Å². The number of benzene rings is 2. The quantitative estimate of drug-likeness (QED) is 0.406. The predicted octanol–water partition coefficient (Wildman–Crippen LogP) is 1.13. The van der Waals surface area contributed by atoms with Crippen molar-refractivity contribution in [2.75, 3.05) is 0 Å². The van der Waals surface area contributed by atoms with E-state index in [1.54, 1.807) is 17.6 Å². The molecule has 0 saturated carbocycles. The summed E-state index contributed by atoms with van der Waals surface area (Å²) in [5.74, 6) is -0.454. The van der Waals surface area contributed by atoms with Crippen LogP contribution in [0.3, 0.4) is 0 Å². The summed E-state index contributed by atoms with van der Waals surface area (Å²) in [6.07, 6.45) is -2.51. The van der Waals surface area contributed by atoms with Gasteiger partial charge < -0.3 is 20.7 Å². The number of hydrogen-bond acceptors (Lipinski definition) is 5. The summed E-state index contributed by atoms with van der Waals surface area (Å²) < 4.78 is 0. The van der Waals surface area contributed by atoms with Gasteiger partial charge in [0.1, 0.15) is 6.23 Å². The van der Waals surface area contributed by atoms with Crippen molar-refractivity contribution in [3.05, 3.63) is 60.2 Å². The Labute approximate surface area is 134 Å². The molecule has 0 aliphatic rings. The third-order valence-electron chi connectivity index (χ3n) is 3.54. The van der Waals surface area contributed by atoms with Gasteiger partial charge in [0.2, 0.25) is 0 Å². The summed E-state index contributed by atoms with van der Waals surface area (Å²) in [6, 6.07) is 15.7. The summed E-state index contributed by atoms with van der Waals surface area (Å²) in [5, 5.41) is 30.3. The summed E-state index contributed by atoms with van der Waals surface area (Å²) in [4.78, 5) is 12.2. The first-order valence-corrected chi connectivity index (χ1v) is 7.25. The van der Waals surface area contributed by atoms with Crippen LogP contribution < -0.4 is 10.8 Å². The van der Waals surface area contributed by atoms with Crippen molar-refractivity contribution in [2.45, 2.75) is 25.3 Å². The minimum atomic E-state index is -1.47. The fraction of sp³-hybridized carbons (Fsp3) is 0.235. The van der Waals surface area contributed by atoms with E-state index in [4.69, 9.17) is 5.21 Å². The minimum Gasteiger partial charge on any atom is -0.391 e. The molecule has 2 aromatic rings. The molecule has 6 nitrogen and oxygen atoms in total. The first kappa shape index (κ1) is 17.1. The Bertz CT molecular complexity index is 629. The molecular weight excluding hydrogens is 296 g/mol. The highest BCUT2D eigenvalue weighted by molar-refractivity contribution is 5.95. The zero-order valence-electron chi connectivity index (χ0n) is 12.7. The molecule has 2 aromatic carbocycles. The Balaban J connectivity index is 2.11. The first-order chi connectivity index (χ1) is 11.0. The molecule has 0 spiro atoms. The van der Waals surface area contributed by atoms with Crippen LogP contribution in [-0.4, -0.2) is 39.7 Å². The highest BCUT2D eigenvalue weighted by Gasteiger charge is 2.25. The topological polar surface area (TPSA) is 102 Å². The summed E-state index contributed by atoms with van der Waals surface area (Å²) in [5.41, 5.74) is 4.02. The Hall–Kier alpha value is -2.25. The van der Waals surface area contributed by atoms with Crippen molar-refractivity contribution in [1.82, 2.24) is 10.8 Å². The molecule has 2 rings (SSSR count). The molecular formula is C17H20N2O4. The molecule has 0 saturated heterocycles. The van der Waals surface area contributed by atoms with Gasteiger partial charge in [-0.3, -0.25) is 4.79 Å². The van der Waals surface area contributed by atoms with Gasteiger partial charge >= 0.3 is 0 Å². The maximum absolute atomic E-state index is 12.2. The number of amides is 1. The van der Waals surface area contributed by atoms with Crippen molar-refractivity contribution in [2.24, 2.45) is 0 Å². The average Bonchev–Trinajstić information content (AvgIpc) is 2.59. The fourth-order valence-electron chi connectivity index (χ4n) is 2.22. The zero-order chi connectivity index (χ0) is 16.8. The van der Waals surface area contributed by atoms with E-state index < -0.39 is 24.3 Å². The maximum atomic E-state index is 12.2. The van der Waals surface area contributed by atoms with Gasteiger partial charge in [0.05, 0.1) is 12.1 Å². The molecule has 0 fully saturated rings. The standard InChI is InChI=1S/C17H20N2O4/c1-11(20)15(17(22)19-23)18-16(21)14-9-7-13(8-10-14)12-5-3-2-4-6-12/h2-11,15,17,19-20,22-23H,1H3,(H,18,21)/t11-,15+,17?/m0/s1. The van der Waals surface area contributed by atoms with Gasteiger partial charge in [-0.2, -0.15) is 5.48 Å². The van der Waals surface area contributed by atoms with Gasteiger partial charge in [0, 0.05) is 5.56 Å². The van der Waals surface area contributed by atoms with Crippen LogP contribution in [-0.2, 0) is 0 Å². The second-order valence-corrected chi connectivity index (χ2v) is 5.26. The van der Waals surface area contributed by atoms with Gasteiger partial charge in [-0.15, -0.1) is 0 Å². The highest BCUT2D eigenvalue weighted by Crippen LogP contribution is 2.19. The van der Waals surface area contributed by atoms with Gasteiger partial charge in [-0.25, -0.2) is 0 Å². The molecule has 23 heavy (non-hydrogen) atoms. The number of hydrogen-bond donors (Lipinski definition) is 5. The molecule has 0 aliphatic heterocycles. The lowest BCUT2D eigenvalue weighted by Gasteiger charge is -2.25. The van der Waals surface area contributed by atoms with E-state index in [9.17, 15) is 15.0 Å². The van der Waals surface area contributed by atoms with Crippen molar-refractivity contribution in [3.8, 4) is 11.1 Å². The molecule has 6 heteroatoms. The number of carbonyl (C=O) groups is 1. The predicted molar refractivity (Wildman–Crippen MR) is 85.7 cm³/mol. The molecule has 0 radical (unpaired) electrons. The summed E-state index contributed by atoms with van der Waals surface area (Å²) >= 11 is 0. The van der Waals surface area contributed by atoms with Crippen molar-refractivity contribution in [1.29, 1.82) is 0 Å². The molecule has 0 heterocycles. The first-order valence-electron chi connectivity index (χ1n) is 7.25. The maximum Gasteiger partial charge on any atom is 0.251 e. The van der Waals surface area contributed by atoms with E-state index >= 15 is 0 Å². The second kappa shape index (κ2) is 7.85. The van der Waals surface area contributed by atoms with Crippen molar-refractivity contribution < 1.29 is 20.2 Å². The molecule has 1 amide bonds. The van der Waals surface area contributed by atoms with E-state index in [1.807, 2.05) is 42.5 Å². The molecule has 122 valence electrons. The third-order valence-corrected chi connectivity index (χ3v) is 3.54. The normalized spacial score (nSPS) is 14.8.